The Hall–Kier alpha value is -1.17. The Kier molecular flexibility index (Phi) is 3.18. The molecule has 0 radical (unpaired) electrons. The molecule has 0 saturated heterocycles. The first-order valence-corrected chi connectivity index (χ1v) is 3.81. The highest BCUT2D eigenvalue weighted by atomic mass is 16.4. The highest BCUT2D eigenvalue weighted by molar-refractivity contribution is 5.13. The van der Waals surface area contributed by atoms with Gasteiger partial charge in [-0.3, -0.25) is 4.79 Å². The molecule has 0 aromatic carbocycles. The van der Waals surface area contributed by atoms with Crippen LogP contribution in [0.4, 0.5) is 0 Å². The number of H-pyrrole nitrogens is 1. The lowest BCUT2D eigenvalue weighted by Crippen LogP contribution is -2.22. The smallest absolute Gasteiger partial charge is 0.247 e. The van der Waals surface area contributed by atoms with Crippen molar-refractivity contribution in [2.45, 2.75) is 12.2 Å². The van der Waals surface area contributed by atoms with Crippen molar-refractivity contribution in [1.29, 1.82) is 0 Å². The second-order valence-corrected chi connectivity index (χ2v) is 2.68. The summed E-state index contributed by atoms with van der Waals surface area (Å²) in [5.74, 6) is 0. The Balaban J connectivity index is 2.83. The van der Waals surface area contributed by atoms with E-state index in [1.165, 1.54) is 18.3 Å². The van der Waals surface area contributed by atoms with E-state index in [1.807, 2.05) is 0 Å². The summed E-state index contributed by atoms with van der Waals surface area (Å²) in [4.78, 5) is 13.0. The summed E-state index contributed by atoms with van der Waals surface area (Å²) in [7, 11) is 0. The van der Waals surface area contributed by atoms with Gasteiger partial charge in [-0.15, -0.1) is 0 Å². The third-order valence-corrected chi connectivity index (χ3v) is 1.70. The predicted octanol–water partition coefficient (Wildman–Crippen LogP) is -1.24. The van der Waals surface area contributed by atoms with Gasteiger partial charge in [0, 0.05) is 12.3 Å². The van der Waals surface area contributed by atoms with Gasteiger partial charge in [0.25, 0.3) is 0 Å². The van der Waals surface area contributed by atoms with Crippen molar-refractivity contribution in [2.24, 2.45) is 0 Å². The van der Waals surface area contributed by atoms with Crippen molar-refractivity contribution in [3.8, 4) is 0 Å². The minimum atomic E-state index is -1.23. The molecule has 0 spiro atoms. The zero-order valence-electron chi connectivity index (χ0n) is 6.84. The van der Waals surface area contributed by atoms with Gasteiger partial charge in [0.15, 0.2) is 0 Å². The molecule has 1 rings (SSSR count). The summed E-state index contributed by atoms with van der Waals surface area (Å²) in [6.07, 6.45) is -1.11. The van der Waals surface area contributed by atoms with Crippen LogP contribution in [-0.2, 0) is 0 Å². The number of hydrogen-bond acceptors (Lipinski definition) is 4. The Morgan fingerprint density at radius 3 is 2.54 bits per heavy atom. The van der Waals surface area contributed by atoms with Crippen molar-refractivity contribution in [3.05, 3.63) is 34.2 Å². The molecule has 2 atom stereocenters. The first-order valence-electron chi connectivity index (χ1n) is 3.81. The molecule has 0 aliphatic heterocycles. The molecular formula is C8H11NO4. The maximum absolute atomic E-state index is 10.6. The fraction of sp³-hybridized carbons (Fsp3) is 0.375. The molecule has 0 bridgehead atoms. The van der Waals surface area contributed by atoms with Gasteiger partial charge in [0.2, 0.25) is 5.56 Å². The number of nitrogens with one attached hydrogen (secondary N) is 1. The van der Waals surface area contributed by atoms with Gasteiger partial charge in [-0.25, -0.2) is 0 Å². The van der Waals surface area contributed by atoms with E-state index in [1.54, 1.807) is 0 Å². The topological polar surface area (TPSA) is 93.6 Å². The van der Waals surface area contributed by atoms with E-state index in [-0.39, 0.29) is 5.56 Å². The number of aliphatic hydroxyl groups excluding tert-OH is 3. The van der Waals surface area contributed by atoms with Gasteiger partial charge in [-0.1, -0.05) is 0 Å². The molecule has 2 unspecified atom stereocenters. The average Bonchev–Trinajstić information content (AvgIpc) is 2.17. The number of aromatic amines is 1. The summed E-state index contributed by atoms with van der Waals surface area (Å²) in [5, 5.41) is 26.9. The minimum Gasteiger partial charge on any atom is -0.394 e. The van der Waals surface area contributed by atoms with Gasteiger partial charge >= 0.3 is 0 Å². The van der Waals surface area contributed by atoms with Crippen molar-refractivity contribution in [2.75, 3.05) is 6.61 Å². The highest BCUT2D eigenvalue weighted by Crippen LogP contribution is 2.13. The van der Waals surface area contributed by atoms with E-state index >= 15 is 0 Å². The molecule has 5 heteroatoms. The van der Waals surface area contributed by atoms with Crippen LogP contribution in [0.5, 0.6) is 0 Å². The van der Waals surface area contributed by atoms with E-state index in [0.29, 0.717) is 5.56 Å². The maximum atomic E-state index is 10.6. The second kappa shape index (κ2) is 4.18. The average molecular weight is 185 g/mol. The van der Waals surface area contributed by atoms with Crippen molar-refractivity contribution in [3.63, 3.8) is 0 Å². The van der Waals surface area contributed by atoms with E-state index in [9.17, 15) is 9.90 Å². The van der Waals surface area contributed by atoms with Crippen LogP contribution in [0.3, 0.4) is 0 Å². The molecule has 0 aliphatic carbocycles. The molecule has 0 amide bonds. The van der Waals surface area contributed by atoms with Crippen LogP contribution in [0.2, 0.25) is 0 Å². The van der Waals surface area contributed by atoms with Crippen LogP contribution in [0.1, 0.15) is 11.7 Å². The number of hydrogen-bond donors (Lipinski definition) is 4. The van der Waals surface area contributed by atoms with Crippen LogP contribution in [-0.4, -0.2) is 33.0 Å². The Morgan fingerprint density at radius 2 is 2.08 bits per heavy atom. The molecular weight excluding hydrogens is 174 g/mol. The summed E-state index contributed by atoms with van der Waals surface area (Å²) in [6.45, 7) is -0.527. The lowest BCUT2D eigenvalue weighted by molar-refractivity contribution is -0.0154. The molecule has 1 aromatic rings. The predicted molar refractivity (Wildman–Crippen MR) is 45.1 cm³/mol. The van der Waals surface area contributed by atoms with Crippen LogP contribution >= 0.6 is 0 Å². The van der Waals surface area contributed by atoms with Gasteiger partial charge < -0.3 is 20.3 Å². The van der Waals surface area contributed by atoms with Gasteiger partial charge in [0.1, 0.15) is 12.2 Å². The van der Waals surface area contributed by atoms with Crippen molar-refractivity contribution in [1.82, 2.24) is 4.98 Å². The Morgan fingerprint density at radius 1 is 1.38 bits per heavy atom. The Bertz CT molecular complexity index is 302. The Labute approximate surface area is 74.3 Å². The summed E-state index contributed by atoms with van der Waals surface area (Å²) in [5.41, 5.74) is 0.0792. The minimum absolute atomic E-state index is 0.283. The van der Waals surface area contributed by atoms with Crippen LogP contribution in [0.15, 0.2) is 23.1 Å². The molecule has 0 saturated carbocycles. The SMILES string of the molecule is O=c1ccc(C(O)C(O)CO)c[nH]1. The molecule has 0 fully saturated rings. The maximum Gasteiger partial charge on any atom is 0.247 e. The summed E-state index contributed by atoms with van der Waals surface area (Å²) >= 11 is 0. The second-order valence-electron chi connectivity index (χ2n) is 2.68. The van der Waals surface area contributed by atoms with Crippen LogP contribution < -0.4 is 5.56 Å². The first kappa shape index (κ1) is 9.91. The zero-order valence-corrected chi connectivity index (χ0v) is 6.84. The largest absolute Gasteiger partial charge is 0.394 e. The van der Waals surface area contributed by atoms with E-state index < -0.39 is 18.8 Å². The number of aromatic nitrogens is 1. The zero-order chi connectivity index (χ0) is 9.84. The van der Waals surface area contributed by atoms with E-state index in [4.69, 9.17) is 10.2 Å². The third-order valence-electron chi connectivity index (χ3n) is 1.70. The normalized spacial score (nSPS) is 15.3. The molecule has 1 heterocycles. The van der Waals surface area contributed by atoms with E-state index in [0.717, 1.165) is 0 Å². The summed E-state index contributed by atoms with van der Waals surface area (Å²) in [6, 6.07) is 2.63. The van der Waals surface area contributed by atoms with E-state index in [2.05, 4.69) is 4.98 Å². The lowest BCUT2D eigenvalue weighted by atomic mass is 10.1. The summed E-state index contributed by atoms with van der Waals surface area (Å²) < 4.78 is 0. The quantitative estimate of drug-likeness (QED) is 0.474. The molecule has 5 nitrogen and oxygen atoms in total. The molecule has 13 heavy (non-hydrogen) atoms. The number of rotatable bonds is 3. The van der Waals surface area contributed by atoms with Crippen molar-refractivity contribution >= 4 is 0 Å². The van der Waals surface area contributed by atoms with Crippen molar-refractivity contribution < 1.29 is 15.3 Å². The molecule has 72 valence electrons. The van der Waals surface area contributed by atoms with Crippen LogP contribution in [0, 0.1) is 0 Å². The van der Waals surface area contributed by atoms with Gasteiger partial charge in [-0.2, -0.15) is 0 Å². The molecule has 0 aliphatic rings. The number of pyridine rings is 1. The lowest BCUT2D eigenvalue weighted by Gasteiger charge is -2.14. The number of aliphatic hydroxyl groups is 3. The van der Waals surface area contributed by atoms with Gasteiger partial charge in [0.05, 0.1) is 6.61 Å². The van der Waals surface area contributed by atoms with Gasteiger partial charge in [-0.05, 0) is 11.6 Å². The third kappa shape index (κ3) is 2.38. The highest BCUT2D eigenvalue weighted by Gasteiger charge is 2.16. The molecule has 4 N–H and O–H groups in total. The fourth-order valence-electron chi connectivity index (χ4n) is 0.929. The first-order chi connectivity index (χ1) is 6.15. The van der Waals surface area contributed by atoms with Crippen LogP contribution in [0.25, 0.3) is 0 Å². The molecule has 1 aromatic heterocycles. The monoisotopic (exact) mass is 185 g/mol. The standard InChI is InChI=1S/C8H11NO4/c10-4-6(11)8(13)5-1-2-7(12)9-3-5/h1-3,6,8,10-11,13H,4H2,(H,9,12). The fourth-order valence-corrected chi connectivity index (χ4v) is 0.929.